The minimum atomic E-state index is -0.851. The van der Waals surface area contributed by atoms with Gasteiger partial charge in [-0.25, -0.2) is 4.79 Å². The van der Waals surface area contributed by atoms with Crippen molar-refractivity contribution in [2.45, 2.75) is 32.2 Å². The lowest BCUT2D eigenvalue weighted by molar-refractivity contribution is -0.138. The molecule has 0 aromatic heterocycles. The number of hydrogen-bond acceptors (Lipinski definition) is 3. The zero-order chi connectivity index (χ0) is 13.5. The Morgan fingerprint density at radius 2 is 2.28 bits per heavy atom. The van der Waals surface area contributed by atoms with E-state index in [1.54, 1.807) is 18.2 Å². The molecule has 0 heterocycles. The van der Waals surface area contributed by atoms with E-state index < -0.39 is 12.0 Å². The number of unbranched alkanes of at least 4 members (excludes halogenated alkanes) is 1. The first-order chi connectivity index (χ1) is 8.58. The van der Waals surface area contributed by atoms with Crippen molar-refractivity contribution in [3.63, 3.8) is 0 Å². The van der Waals surface area contributed by atoms with Gasteiger partial charge in [0.15, 0.2) is 0 Å². The average Bonchev–Trinajstić information content (AvgIpc) is 2.34. The van der Waals surface area contributed by atoms with Gasteiger partial charge in [0.25, 0.3) is 0 Å². The largest absolute Gasteiger partial charge is 0.495 e. The van der Waals surface area contributed by atoms with Crippen molar-refractivity contribution in [1.29, 1.82) is 0 Å². The Labute approximate surface area is 112 Å². The average molecular weight is 272 g/mol. The summed E-state index contributed by atoms with van der Waals surface area (Å²) in [5.74, 6) is -0.280. The fraction of sp³-hybridized carbons (Fsp3) is 0.462. The Kier molecular flexibility index (Phi) is 5.78. The van der Waals surface area contributed by atoms with Crippen LogP contribution in [-0.2, 0) is 4.79 Å². The first-order valence-electron chi connectivity index (χ1n) is 5.91. The maximum atomic E-state index is 11.1. The first kappa shape index (κ1) is 14.6. The number of benzene rings is 1. The summed E-state index contributed by atoms with van der Waals surface area (Å²) in [6.45, 7) is 2.03. The lowest BCUT2D eigenvalue weighted by atomic mass is 10.1. The van der Waals surface area contributed by atoms with Gasteiger partial charge >= 0.3 is 5.97 Å². The first-order valence-corrected chi connectivity index (χ1v) is 6.29. The Morgan fingerprint density at radius 1 is 1.56 bits per heavy atom. The topological polar surface area (TPSA) is 58.6 Å². The highest BCUT2D eigenvalue weighted by molar-refractivity contribution is 6.32. The quantitative estimate of drug-likeness (QED) is 0.798. The van der Waals surface area contributed by atoms with E-state index in [0.717, 1.165) is 12.8 Å². The van der Waals surface area contributed by atoms with E-state index >= 15 is 0 Å². The van der Waals surface area contributed by atoms with Crippen molar-refractivity contribution in [2.75, 3.05) is 12.4 Å². The normalized spacial score (nSPS) is 11.9. The van der Waals surface area contributed by atoms with E-state index in [1.807, 2.05) is 6.92 Å². The zero-order valence-electron chi connectivity index (χ0n) is 10.6. The van der Waals surface area contributed by atoms with Gasteiger partial charge in [0, 0.05) is 5.69 Å². The van der Waals surface area contributed by atoms with Crippen molar-refractivity contribution < 1.29 is 14.6 Å². The molecule has 4 nitrogen and oxygen atoms in total. The van der Waals surface area contributed by atoms with Gasteiger partial charge in [-0.1, -0.05) is 31.4 Å². The molecule has 1 aromatic rings. The van der Waals surface area contributed by atoms with Crippen LogP contribution in [0, 0.1) is 0 Å². The molecule has 1 unspecified atom stereocenters. The van der Waals surface area contributed by atoms with Crippen molar-refractivity contribution in [2.24, 2.45) is 0 Å². The lowest BCUT2D eigenvalue weighted by Crippen LogP contribution is -2.29. The number of methoxy groups -OCH3 is 1. The fourth-order valence-corrected chi connectivity index (χ4v) is 1.88. The van der Waals surface area contributed by atoms with Gasteiger partial charge in [0.1, 0.15) is 11.8 Å². The number of carboxylic acids is 1. The molecule has 0 saturated carbocycles. The van der Waals surface area contributed by atoms with E-state index in [0.29, 0.717) is 22.9 Å². The second-order valence-corrected chi connectivity index (χ2v) is 4.43. The van der Waals surface area contributed by atoms with Crippen molar-refractivity contribution in [1.82, 2.24) is 0 Å². The Hall–Kier alpha value is -1.42. The molecule has 0 bridgehead atoms. The van der Waals surface area contributed by atoms with Crippen LogP contribution in [0.3, 0.4) is 0 Å². The van der Waals surface area contributed by atoms with Crippen molar-refractivity contribution >= 4 is 23.3 Å². The molecule has 0 radical (unpaired) electrons. The minimum absolute atomic E-state index is 0.460. The monoisotopic (exact) mass is 271 g/mol. The third kappa shape index (κ3) is 4.11. The molecule has 0 spiro atoms. The summed E-state index contributed by atoms with van der Waals surface area (Å²) >= 11 is 5.98. The van der Waals surface area contributed by atoms with E-state index in [4.69, 9.17) is 21.4 Å². The SMILES string of the molecule is CCCCC(Nc1ccc(OC)c(Cl)c1)C(=O)O. The summed E-state index contributed by atoms with van der Waals surface area (Å²) in [5, 5.41) is 12.5. The molecule has 0 amide bonds. The molecular weight excluding hydrogens is 254 g/mol. The molecular formula is C13H18ClNO3. The molecule has 0 aliphatic carbocycles. The molecule has 100 valence electrons. The molecule has 5 heteroatoms. The van der Waals surface area contributed by atoms with Crippen LogP contribution >= 0.6 is 11.6 Å². The molecule has 2 N–H and O–H groups in total. The number of carbonyl (C=O) groups is 1. The third-order valence-corrected chi connectivity index (χ3v) is 2.93. The standard InChI is InChI=1S/C13H18ClNO3/c1-3-4-5-11(13(16)17)15-9-6-7-12(18-2)10(14)8-9/h6-8,11,15H,3-5H2,1-2H3,(H,16,17). The van der Waals surface area contributed by atoms with Crippen LogP contribution < -0.4 is 10.1 Å². The molecule has 0 fully saturated rings. The molecule has 1 aromatic carbocycles. The number of halogens is 1. The second kappa shape index (κ2) is 7.11. The maximum Gasteiger partial charge on any atom is 0.326 e. The number of carboxylic acid groups (broad SMARTS) is 1. The number of ether oxygens (including phenoxy) is 1. The molecule has 0 saturated heterocycles. The molecule has 0 aliphatic heterocycles. The minimum Gasteiger partial charge on any atom is -0.495 e. The lowest BCUT2D eigenvalue weighted by Gasteiger charge is -2.16. The molecule has 0 aliphatic rings. The summed E-state index contributed by atoms with van der Waals surface area (Å²) in [5.41, 5.74) is 0.685. The van der Waals surface area contributed by atoms with Crippen molar-refractivity contribution in [3.05, 3.63) is 23.2 Å². The predicted octanol–water partition coefficient (Wildman–Crippen LogP) is 3.40. The predicted molar refractivity (Wildman–Crippen MR) is 72.6 cm³/mol. The summed E-state index contributed by atoms with van der Waals surface area (Å²) in [4.78, 5) is 11.1. The van der Waals surface area contributed by atoms with Crippen LogP contribution in [0.5, 0.6) is 5.75 Å². The van der Waals surface area contributed by atoms with Crippen LogP contribution in [0.1, 0.15) is 26.2 Å². The van der Waals surface area contributed by atoms with Gasteiger partial charge in [-0.15, -0.1) is 0 Å². The van der Waals surface area contributed by atoms with Crippen molar-refractivity contribution in [3.8, 4) is 5.75 Å². The second-order valence-electron chi connectivity index (χ2n) is 4.03. The van der Waals surface area contributed by atoms with Crippen LogP contribution in [0.25, 0.3) is 0 Å². The fourth-order valence-electron chi connectivity index (χ4n) is 1.62. The van der Waals surface area contributed by atoms with Gasteiger partial charge in [0.2, 0.25) is 0 Å². The molecule has 1 rings (SSSR count). The third-order valence-electron chi connectivity index (χ3n) is 2.64. The Bertz CT molecular complexity index is 409. The smallest absolute Gasteiger partial charge is 0.326 e. The molecule has 18 heavy (non-hydrogen) atoms. The maximum absolute atomic E-state index is 11.1. The van der Waals surface area contributed by atoms with Gasteiger partial charge in [-0.2, -0.15) is 0 Å². The summed E-state index contributed by atoms with van der Waals surface area (Å²) in [6, 6.07) is 4.55. The highest BCUT2D eigenvalue weighted by Crippen LogP contribution is 2.27. The van der Waals surface area contributed by atoms with Gasteiger partial charge in [0.05, 0.1) is 12.1 Å². The van der Waals surface area contributed by atoms with E-state index in [9.17, 15) is 4.79 Å². The van der Waals surface area contributed by atoms with Crippen LogP contribution in [0.2, 0.25) is 5.02 Å². The van der Waals surface area contributed by atoms with Gasteiger partial charge in [-0.3, -0.25) is 0 Å². The Morgan fingerprint density at radius 3 is 2.78 bits per heavy atom. The summed E-state index contributed by atoms with van der Waals surface area (Å²) in [7, 11) is 1.54. The highest BCUT2D eigenvalue weighted by atomic mass is 35.5. The summed E-state index contributed by atoms with van der Waals surface area (Å²) in [6.07, 6.45) is 2.43. The Balaban J connectivity index is 2.74. The van der Waals surface area contributed by atoms with Gasteiger partial charge < -0.3 is 15.2 Å². The van der Waals surface area contributed by atoms with Crippen LogP contribution in [0.4, 0.5) is 5.69 Å². The van der Waals surface area contributed by atoms with E-state index in [1.165, 1.54) is 7.11 Å². The number of anilines is 1. The van der Waals surface area contributed by atoms with Crippen LogP contribution in [0.15, 0.2) is 18.2 Å². The number of aliphatic carboxylic acids is 1. The summed E-state index contributed by atoms with van der Waals surface area (Å²) < 4.78 is 5.04. The number of rotatable bonds is 7. The molecule has 1 atom stereocenters. The van der Waals surface area contributed by atoms with Crippen LogP contribution in [-0.4, -0.2) is 24.2 Å². The number of hydrogen-bond donors (Lipinski definition) is 2. The zero-order valence-corrected chi connectivity index (χ0v) is 11.3. The van der Waals surface area contributed by atoms with E-state index in [2.05, 4.69) is 5.32 Å². The number of nitrogens with one attached hydrogen (secondary N) is 1. The highest BCUT2D eigenvalue weighted by Gasteiger charge is 2.16. The van der Waals surface area contributed by atoms with E-state index in [-0.39, 0.29) is 0 Å². The van der Waals surface area contributed by atoms with Gasteiger partial charge in [-0.05, 0) is 24.6 Å².